The van der Waals surface area contributed by atoms with E-state index in [1.54, 1.807) is 6.07 Å². The van der Waals surface area contributed by atoms with Gasteiger partial charge < -0.3 is 15.8 Å². The summed E-state index contributed by atoms with van der Waals surface area (Å²) in [4.78, 5) is 11.1. The molecule has 0 saturated heterocycles. The third-order valence-corrected chi connectivity index (χ3v) is 2.19. The van der Waals surface area contributed by atoms with E-state index in [1.165, 1.54) is 0 Å². The van der Waals surface area contributed by atoms with E-state index in [9.17, 15) is 4.79 Å². The van der Waals surface area contributed by atoms with Gasteiger partial charge in [-0.15, -0.1) is 0 Å². The highest BCUT2D eigenvalue weighted by atomic mass is 16.5. The van der Waals surface area contributed by atoms with Crippen molar-refractivity contribution in [2.75, 3.05) is 17.7 Å². The number of ether oxygens (including phenoxy) is 1. The van der Waals surface area contributed by atoms with Crippen LogP contribution in [0.25, 0.3) is 0 Å². The number of aryl methyl sites for hydroxylation is 1. The van der Waals surface area contributed by atoms with Crippen molar-refractivity contribution in [3.05, 3.63) is 17.7 Å². The Balaban J connectivity index is 2.51. The third-order valence-electron chi connectivity index (χ3n) is 2.19. The molecule has 0 aromatic heterocycles. The van der Waals surface area contributed by atoms with Crippen LogP contribution in [-0.2, 0) is 11.2 Å². The fourth-order valence-electron chi connectivity index (χ4n) is 1.56. The first-order chi connectivity index (χ1) is 6.70. The number of nitrogens with one attached hydrogen (secondary N) is 1. The molecule has 0 saturated carbocycles. The Kier molecular flexibility index (Phi) is 2.04. The van der Waals surface area contributed by atoms with Crippen molar-refractivity contribution in [3.8, 4) is 5.75 Å². The lowest BCUT2D eigenvalue weighted by molar-refractivity contribution is -0.118. The Morgan fingerprint density at radius 1 is 1.57 bits per heavy atom. The Hall–Kier alpha value is -1.71. The van der Waals surface area contributed by atoms with Crippen molar-refractivity contribution >= 4 is 17.3 Å². The molecule has 1 aromatic rings. The molecule has 3 N–H and O–H groups in total. The zero-order chi connectivity index (χ0) is 10.1. The molecule has 0 aliphatic carbocycles. The van der Waals surface area contributed by atoms with Crippen LogP contribution >= 0.6 is 0 Å². The van der Waals surface area contributed by atoms with Crippen molar-refractivity contribution in [2.24, 2.45) is 0 Å². The van der Waals surface area contributed by atoms with Gasteiger partial charge in [-0.2, -0.15) is 0 Å². The van der Waals surface area contributed by atoms with Crippen LogP contribution in [0, 0.1) is 0 Å². The highest BCUT2D eigenvalue weighted by Gasteiger charge is 2.18. The SMILES string of the molecule is CCc1cc(N)cc2c1OCC(=O)N2. The monoisotopic (exact) mass is 192 g/mol. The van der Waals surface area contributed by atoms with Crippen molar-refractivity contribution in [3.63, 3.8) is 0 Å². The summed E-state index contributed by atoms with van der Waals surface area (Å²) in [5, 5.41) is 2.73. The normalized spacial score (nSPS) is 14.2. The fraction of sp³-hybridized carbons (Fsp3) is 0.300. The van der Waals surface area contributed by atoms with Crippen molar-refractivity contribution < 1.29 is 9.53 Å². The molecule has 0 spiro atoms. The standard InChI is InChI=1S/C10H12N2O2/c1-2-6-3-7(11)4-8-10(6)14-5-9(13)12-8/h3-4H,2,5,11H2,1H3,(H,12,13). The van der Waals surface area contributed by atoms with Crippen LogP contribution in [0.5, 0.6) is 5.75 Å². The Morgan fingerprint density at radius 2 is 2.36 bits per heavy atom. The molecule has 14 heavy (non-hydrogen) atoms. The van der Waals surface area contributed by atoms with E-state index in [0.717, 1.165) is 17.7 Å². The lowest BCUT2D eigenvalue weighted by Crippen LogP contribution is -2.26. The topological polar surface area (TPSA) is 64.3 Å². The summed E-state index contributed by atoms with van der Waals surface area (Å²) in [6.45, 7) is 2.11. The minimum Gasteiger partial charge on any atom is -0.481 e. The van der Waals surface area contributed by atoms with Crippen molar-refractivity contribution in [1.29, 1.82) is 0 Å². The van der Waals surface area contributed by atoms with Gasteiger partial charge in [0.2, 0.25) is 0 Å². The van der Waals surface area contributed by atoms with E-state index in [1.807, 2.05) is 13.0 Å². The number of fused-ring (bicyclic) bond motifs is 1. The molecule has 74 valence electrons. The lowest BCUT2D eigenvalue weighted by Gasteiger charge is -2.20. The summed E-state index contributed by atoms with van der Waals surface area (Å²) >= 11 is 0. The summed E-state index contributed by atoms with van der Waals surface area (Å²) in [7, 11) is 0. The minimum atomic E-state index is -0.134. The van der Waals surface area contributed by atoms with Crippen LogP contribution in [0.2, 0.25) is 0 Å². The average Bonchev–Trinajstić information content (AvgIpc) is 2.15. The summed E-state index contributed by atoms with van der Waals surface area (Å²) in [5.74, 6) is 0.617. The molecule has 0 fully saturated rings. The second kappa shape index (κ2) is 3.21. The van der Waals surface area contributed by atoms with Gasteiger partial charge in [-0.3, -0.25) is 4.79 Å². The Labute approximate surface area is 82.1 Å². The van der Waals surface area contributed by atoms with Crippen LogP contribution in [-0.4, -0.2) is 12.5 Å². The zero-order valence-electron chi connectivity index (χ0n) is 7.96. The molecule has 1 amide bonds. The van der Waals surface area contributed by atoms with Crippen LogP contribution in [0.4, 0.5) is 11.4 Å². The molecule has 2 rings (SSSR count). The smallest absolute Gasteiger partial charge is 0.262 e. The predicted molar refractivity (Wildman–Crippen MR) is 54.4 cm³/mol. The molecule has 4 heteroatoms. The molecule has 0 bridgehead atoms. The Bertz CT molecular complexity index is 388. The molecule has 1 aromatic carbocycles. The van der Waals surface area contributed by atoms with E-state index in [0.29, 0.717) is 11.4 Å². The van der Waals surface area contributed by atoms with E-state index < -0.39 is 0 Å². The maximum Gasteiger partial charge on any atom is 0.262 e. The summed E-state index contributed by atoms with van der Waals surface area (Å²) in [6, 6.07) is 3.59. The number of carbonyl (C=O) groups is 1. The maximum atomic E-state index is 11.1. The van der Waals surface area contributed by atoms with E-state index in [4.69, 9.17) is 10.5 Å². The molecule has 1 aliphatic rings. The highest BCUT2D eigenvalue weighted by molar-refractivity contribution is 5.96. The van der Waals surface area contributed by atoms with Gasteiger partial charge >= 0.3 is 0 Å². The molecule has 0 radical (unpaired) electrons. The molecule has 4 nitrogen and oxygen atoms in total. The third kappa shape index (κ3) is 1.39. The molecule has 1 heterocycles. The highest BCUT2D eigenvalue weighted by Crippen LogP contribution is 2.34. The van der Waals surface area contributed by atoms with Gasteiger partial charge in [-0.1, -0.05) is 6.92 Å². The number of anilines is 2. The summed E-state index contributed by atoms with van der Waals surface area (Å²) in [6.07, 6.45) is 0.837. The van der Waals surface area contributed by atoms with E-state index >= 15 is 0 Å². The first-order valence-corrected chi connectivity index (χ1v) is 4.55. The Morgan fingerprint density at radius 3 is 3.07 bits per heavy atom. The number of hydrogen-bond donors (Lipinski definition) is 2. The fourth-order valence-corrected chi connectivity index (χ4v) is 1.56. The summed E-state index contributed by atoms with van der Waals surface area (Å²) in [5.41, 5.74) is 8.05. The van der Waals surface area contributed by atoms with Gasteiger partial charge in [0, 0.05) is 5.69 Å². The second-order valence-electron chi connectivity index (χ2n) is 3.25. The number of hydrogen-bond acceptors (Lipinski definition) is 3. The van der Waals surface area contributed by atoms with E-state index in [2.05, 4.69) is 5.32 Å². The summed E-state index contributed by atoms with van der Waals surface area (Å²) < 4.78 is 5.35. The number of nitrogens with two attached hydrogens (primary N) is 1. The van der Waals surface area contributed by atoms with Gasteiger partial charge in [-0.25, -0.2) is 0 Å². The van der Waals surface area contributed by atoms with Gasteiger partial charge in [0.25, 0.3) is 5.91 Å². The van der Waals surface area contributed by atoms with Crippen LogP contribution in [0.1, 0.15) is 12.5 Å². The number of benzene rings is 1. The second-order valence-corrected chi connectivity index (χ2v) is 3.25. The molecule has 0 unspecified atom stereocenters. The minimum absolute atomic E-state index is 0.0872. The van der Waals surface area contributed by atoms with Gasteiger partial charge in [0.05, 0.1) is 5.69 Å². The molecular weight excluding hydrogens is 180 g/mol. The number of nitrogen functional groups attached to an aromatic ring is 1. The first kappa shape index (κ1) is 8.87. The van der Waals surface area contributed by atoms with Gasteiger partial charge in [-0.05, 0) is 24.1 Å². The molecule has 0 atom stereocenters. The van der Waals surface area contributed by atoms with E-state index in [-0.39, 0.29) is 12.5 Å². The van der Waals surface area contributed by atoms with Gasteiger partial charge in [0.1, 0.15) is 5.75 Å². The predicted octanol–water partition coefficient (Wildman–Crippen LogP) is 1.16. The average molecular weight is 192 g/mol. The van der Waals surface area contributed by atoms with Crippen LogP contribution in [0.3, 0.4) is 0 Å². The lowest BCUT2D eigenvalue weighted by atomic mass is 10.1. The van der Waals surface area contributed by atoms with Crippen LogP contribution < -0.4 is 15.8 Å². The first-order valence-electron chi connectivity index (χ1n) is 4.55. The number of carbonyl (C=O) groups excluding carboxylic acids is 1. The number of rotatable bonds is 1. The molecule has 1 aliphatic heterocycles. The largest absolute Gasteiger partial charge is 0.481 e. The van der Waals surface area contributed by atoms with Crippen molar-refractivity contribution in [1.82, 2.24) is 0 Å². The number of amides is 1. The van der Waals surface area contributed by atoms with Crippen LogP contribution in [0.15, 0.2) is 12.1 Å². The van der Waals surface area contributed by atoms with Crippen molar-refractivity contribution in [2.45, 2.75) is 13.3 Å². The quantitative estimate of drug-likeness (QED) is 0.656. The van der Waals surface area contributed by atoms with Gasteiger partial charge in [0.15, 0.2) is 6.61 Å². The molecular formula is C10H12N2O2. The zero-order valence-corrected chi connectivity index (χ0v) is 7.96. The maximum absolute atomic E-state index is 11.1.